The molecule has 0 unspecified atom stereocenters. The molecule has 0 saturated heterocycles. The summed E-state index contributed by atoms with van der Waals surface area (Å²) < 4.78 is 7.39. The lowest BCUT2D eigenvalue weighted by Crippen LogP contribution is -3.00. The van der Waals surface area contributed by atoms with Crippen molar-refractivity contribution in [3.63, 3.8) is 0 Å². The molecule has 0 amide bonds. The van der Waals surface area contributed by atoms with Gasteiger partial charge in [0.2, 0.25) is 0 Å². The van der Waals surface area contributed by atoms with Crippen molar-refractivity contribution >= 4 is 18.1 Å². The first kappa shape index (κ1) is 22.0. The molecule has 2 N–H and O–H groups in total. The third kappa shape index (κ3) is 6.09. The Labute approximate surface area is 175 Å². The Morgan fingerprint density at radius 1 is 1.03 bits per heavy atom. The van der Waals surface area contributed by atoms with E-state index < -0.39 is 5.97 Å². The fourth-order valence-corrected chi connectivity index (χ4v) is 2.80. The van der Waals surface area contributed by atoms with E-state index in [9.17, 15) is 9.90 Å². The quantitative estimate of drug-likeness (QED) is 0.569. The summed E-state index contributed by atoms with van der Waals surface area (Å²) >= 11 is 0. The highest BCUT2D eigenvalue weighted by Gasteiger charge is 2.07. The highest BCUT2D eigenvalue weighted by molar-refractivity contribution is 5.87. The molecular formula is C23H22ClNO4. The largest absolute Gasteiger partial charge is 1.00 e. The van der Waals surface area contributed by atoms with Gasteiger partial charge < -0.3 is 27.4 Å². The zero-order valence-corrected chi connectivity index (χ0v) is 16.7. The number of halogens is 1. The summed E-state index contributed by atoms with van der Waals surface area (Å²) in [5, 5.41) is 18.9. The summed E-state index contributed by atoms with van der Waals surface area (Å²) in [6, 6.07) is 16.2. The number of aromatic nitrogens is 1. The highest BCUT2D eigenvalue weighted by Crippen LogP contribution is 2.27. The van der Waals surface area contributed by atoms with Crippen LogP contribution in [-0.2, 0) is 6.54 Å². The molecule has 29 heavy (non-hydrogen) atoms. The first-order valence-electron chi connectivity index (χ1n) is 9.00. The maximum atomic E-state index is 11.1. The van der Waals surface area contributed by atoms with Crippen LogP contribution in [0.5, 0.6) is 11.5 Å². The molecule has 1 aromatic heterocycles. The Kier molecular flexibility index (Phi) is 7.80. The SMILES string of the molecule is CCOc1cc(/C=C\c2cc[n+](Cc3cccc(C(=O)O)c3)cc2)ccc1O.[Cl-]. The number of benzene rings is 2. The molecule has 0 aliphatic rings. The molecule has 0 radical (unpaired) electrons. The molecule has 0 atom stereocenters. The smallest absolute Gasteiger partial charge is 0.335 e. The van der Waals surface area contributed by atoms with Crippen molar-refractivity contribution in [1.82, 2.24) is 0 Å². The molecule has 0 aliphatic carbocycles. The molecule has 1 heterocycles. The molecule has 0 aliphatic heterocycles. The Morgan fingerprint density at radius 3 is 2.45 bits per heavy atom. The van der Waals surface area contributed by atoms with Gasteiger partial charge in [-0.1, -0.05) is 30.4 Å². The average molecular weight is 412 g/mol. The van der Waals surface area contributed by atoms with Gasteiger partial charge in [-0.2, -0.15) is 0 Å². The first-order valence-corrected chi connectivity index (χ1v) is 9.00. The van der Waals surface area contributed by atoms with Crippen LogP contribution in [0.25, 0.3) is 12.2 Å². The molecule has 150 valence electrons. The number of aromatic carboxylic acids is 1. The zero-order valence-electron chi connectivity index (χ0n) is 16.0. The monoisotopic (exact) mass is 411 g/mol. The van der Waals surface area contributed by atoms with E-state index in [2.05, 4.69) is 0 Å². The predicted molar refractivity (Wildman–Crippen MR) is 107 cm³/mol. The predicted octanol–water partition coefficient (Wildman–Crippen LogP) is 0.999. The third-order valence-electron chi connectivity index (χ3n) is 4.21. The summed E-state index contributed by atoms with van der Waals surface area (Å²) in [4.78, 5) is 11.1. The lowest BCUT2D eigenvalue weighted by atomic mass is 10.1. The van der Waals surface area contributed by atoms with Crippen LogP contribution < -0.4 is 21.7 Å². The van der Waals surface area contributed by atoms with Crippen molar-refractivity contribution < 1.29 is 36.7 Å². The number of carbonyl (C=O) groups is 1. The minimum absolute atomic E-state index is 0. The van der Waals surface area contributed by atoms with Gasteiger partial charge in [0.1, 0.15) is 0 Å². The standard InChI is InChI=1S/C23H21NO4.ClH/c1-2-28-22-15-18(8-9-21(22)25)7-6-17-10-12-24(13-11-17)16-19-4-3-5-20(14-19)23(26)27;/h3-15H,2,16H2,1H3,(H,26,27);1H. The molecule has 3 aromatic rings. The van der Waals surface area contributed by atoms with Crippen molar-refractivity contribution in [3.05, 3.63) is 89.2 Å². The van der Waals surface area contributed by atoms with Crippen molar-refractivity contribution in [3.8, 4) is 11.5 Å². The summed E-state index contributed by atoms with van der Waals surface area (Å²) in [7, 11) is 0. The molecule has 3 rings (SSSR count). The van der Waals surface area contributed by atoms with Crippen LogP contribution in [0.1, 0.15) is 34.0 Å². The van der Waals surface area contributed by atoms with E-state index in [4.69, 9.17) is 9.84 Å². The zero-order chi connectivity index (χ0) is 19.9. The van der Waals surface area contributed by atoms with Crippen molar-refractivity contribution in [2.24, 2.45) is 0 Å². The van der Waals surface area contributed by atoms with Gasteiger partial charge in [-0.25, -0.2) is 9.36 Å². The van der Waals surface area contributed by atoms with Crippen molar-refractivity contribution in [2.45, 2.75) is 13.5 Å². The minimum Gasteiger partial charge on any atom is -1.00 e. The van der Waals surface area contributed by atoms with E-state index >= 15 is 0 Å². The second-order valence-corrected chi connectivity index (χ2v) is 6.30. The molecule has 2 aromatic carbocycles. The molecule has 0 saturated carbocycles. The number of pyridine rings is 1. The van der Waals surface area contributed by atoms with Gasteiger partial charge in [-0.05, 0) is 42.3 Å². The summed E-state index contributed by atoms with van der Waals surface area (Å²) in [6.45, 7) is 2.97. The van der Waals surface area contributed by atoms with Crippen LogP contribution in [0.4, 0.5) is 0 Å². The highest BCUT2D eigenvalue weighted by atomic mass is 35.5. The average Bonchev–Trinajstić information content (AvgIpc) is 2.70. The number of aromatic hydroxyl groups is 1. The second-order valence-electron chi connectivity index (χ2n) is 6.30. The Hall–Kier alpha value is -3.31. The maximum Gasteiger partial charge on any atom is 0.335 e. The number of ether oxygens (including phenoxy) is 1. The third-order valence-corrected chi connectivity index (χ3v) is 4.21. The number of nitrogens with zero attached hydrogens (tertiary/aromatic N) is 1. The molecule has 0 spiro atoms. The first-order chi connectivity index (χ1) is 13.5. The topological polar surface area (TPSA) is 70.6 Å². The van der Waals surface area contributed by atoms with Crippen LogP contribution in [0, 0.1) is 0 Å². The van der Waals surface area contributed by atoms with Crippen LogP contribution >= 0.6 is 0 Å². The Morgan fingerprint density at radius 2 is 1.76 bits per heavy atom. The van der Waals surface area contributed by atoms with E-state index in [0.29, 0.717) is 18.9 Å². The number of hydrogen-bond donors (Lipinski definition) is 2. The second kappa shape index (κ2) is 10.3. The van der Waals surface area contributed by atoms with E-state index in [1.165, 1.54) is 0 Å². The van der Waals surface area contributed by atoms with E-state index in [-0.39, 0.29) is 23.7 Å². The summed E-state index contributed by atoms with van der Waals surface area (Å²) in [5.74, 6) is -0.320. The van der Waals surface area contributed by atoms with Gasteiger partial charge in [0, 0.05) is 17.7 Å². The molecule has 5 nitrogen and oxygen atoms in total. The fraction of sp³-hybridized carbons (Fsp3) is 0.130. The lowest BCUT2D eigenvalue weighted by molar-refractivity contribution is -0.688. The van der Waals surface area contributed by atoms with Crippen LogP contribution in [0.3, 0.4) is 0 Å². The van der Waals surface area contributed by atoms with Gasteiger partial charge in [0.25, 0.3) is 0 Å². The molecule has 0 bridgehead atoms. The Bertz CT molecular complexity index is 1000. The number of rotatable bonds is 7. The number of carboxylic acid groups (broad SMARTS) is 1. The van der Waals surface area contributed by atoms with Gasteiger partial charge in [-0.3, -0.25) is 0 Å². The fourth-order valence-electron chi connectivity index (χ4n) is 2.80. The van der Waals surface area contributed by atoms with Gasteiger partial charge >= 0.3 is 5.97 Å². The van der Waals surface area contributed by atoms with Crippen molar-refractivity contribution in [2.75, 3.05) is 6.61 Å². The van der Waals surface area contributed by atoms with E-state index in [1.54, 1.807) is 30.3 Å². The maximum absolute atomic E-state index is 11.1. The van der Waals surface area contributed by atoms with E-state index in [1.807, 2.05) is 60.3 Å². The lowest BCUT2D eigenvalue weighted by Gasteiger charge is -2.06. The summed E-state index contributed by atoms with van der Waals surface area (Å²) in [6.07, 6.45) is 7.85. The molecule has 6 heteroatoms. The van der Waals surface area contributed by atoms with Gasteiger partial charge in [-0.15, -0.1) is 0 Å². The van der Waals surface area contributed by atoms with Crippen LogP contribution in [0.15, 0.2) is 67.0 Å². The normalized spacial score (nSPS) is 10.5. The number of carboxylic acids is 1. The number of hydrogen-bond acceptors (Lipinski definition) is 3. The van der Waals surface area contributed by atoms with Gasteiger partial charge in [0.15, 0.2) is 30.4 Å². The minimum atomic E-state index is -0.922. The van der Waals surface area contributed by atoms with E-state index in [0.717, 1.165) is 16.7 Å². The van der Waals surface area contributed by atoms with Gasteiger partial charge in [0.05, 0.1) is 12.2 Å². The number of phenolic OH excluding ortho intramolecular Hbond substituents is 1. The van der Waals surface area contributed by atoms with Crippen LogP contribution in [0.2, 0.25) is 0 Å². The number of phenols is 1. The van der Waals surface area contributed by atoms with Crippen LogP contribution in [-0.4, -0.2) is 22.8 Å². The molecule has 0 fully saturated rings. The van der Waals surface area contributed by atoms with Crippen molar-refractivity contribution in [1.29, 1.82) is 0 Å². The Balaban J connectivity index is 0.00000300. The molecular weight excluding hydrogens is 390 g/mol. The summed E-state index contributed by atoms with van der Waals surface area (Å²) in [5.41, 5.74) is 3.18.